The molecule has 4 nitrogen and oxygen atoms in total. The molecule has 0 aliphatic carbocycles. The smallest absolute Gasteiger partial charge is 0.358 e. The Labute approximate surface area is 137 Å². The highest BCUT2D eigenvalue weighted by molar-refractivity contribution is 7.13. The first-order valence-electron chi connectivity index (χ1n) is 6.93. The van der Waals surface area contributed by atoms with E-state index in [1.54, 1.807) is 29.6 Å². The van der Waals surface area contributed by atoms with Crippen LogP contribution in [0.3, 0.4) is 0 Å². The molecule has 0 fully saturated rings. The molecule has 0 N–H and O–H groups in total. The molecule has 0 aliphatic rings. The van der Waals surface area contributed by atoms with E-state index in [0.29, 0.717) is 11.3 Å². The Morgan fingerprint density at radius 3 is 2.57 bits per heavy atom. The fourth-order valence-electron chi connectivity index (χ4n) is 1.98. The van der Waals surface area contributed by atoms with Crippen molar-refractivity contribution < 1.29 is 9.53 Å². The maximum absolute atomic E-state index is 12.1. The fraction of sp³-hybridized carbons (Fsp3) is 0.0556. The van der Waals surface area contributed by atoms with Crippen molar-refractivity contribution in [2.75, 3.05) is 0 Å². The largest absolute Gasteiger partial charge is 0.456 e. The Balaban J connectivity index is 1.64. The highest BCUT2D eigenvalue weighted by Crippen LogP contribution is 2.23. The van der Waals surface area contributed by atoms with E-state index in [1.165, 1.54) is 11.3 Å². The van der Waals surface area contributed by atoms with E-state index in [0.717, 1.165) is 16.1 Å². The Bertz CT molecular complexity index is 849. The van der Waals surface area contributed by atoms with Gasteiger partial charge in [0.25, 0.3) is 0 Å². The number of aromatic nitrogens is 1. The van der Waals surface area contributed by atoms with Crippen LogP contribution >= 0.6 is 11.3 Å². The van der Waals surface area contributed by atoms with Gasteiger partial charge < -0.3 is 4.74 Å². The number of rotatable bonds is 4. The van der Waals surface area contributed by atoms with E-state index in [4.69, 9.17) is 10.00 Å². The first-order valence-corrected chi connectivity index (χ1v) is 7.81. The second-order valence-corrected chi connectivity index (χ2v) is 5.65. The molecule has 0 spiro atoms. The van der Waals surface area contributed by atoms with Gasteiger partial charge in [-0.3, -0.25) is 0 Å². The number of benzene rings is 2. The average Bonchev–Trinajstić information content (AvgIpc) is 3.11. The lowest BCUT2D eigenvalue weighted by molar-refractivity contribution is 0.0467. The quantitative estimate of drug-likeness (QED) is 0.681. The molecule has 1 aromatic heterocycles. The van der Waals surface area contributed by atoms with Crippen LogP contribution in [0, 0.1) is 11.3 Å². The number of ether oxygens (including phenoxy) is 1. The van der Waals surface area contributed by atoms with Gasteiger partial charge in [0.15, 0.2) is 5.69 Å². The summed E-state index contributed by atoms with van der Waals surface area (Å²) in [6, 6.07) is 18.7. The molecule has 0 saturated heterocycles. The normalized spacial score (nSPS) is 10.0. The first-order chi connectivity index (χ1) is 11.3. The molecule has 23 heavy (non-hydrogen) atoms. The molecule has 3 rings (SSSR count). The lowest BCUT2D eigenvalue weighted by atomic mass is 10.2. The summed E-state index contributed by atoms with van der Waals surface area (Å²) in [4.78, 5) is 16.4. The predicted molar refractivity (Wildman–Crippen MR) is 87.8 cm³/mol. The molecule has 3 aromatic rings. The highest BCUT2D eigenvalue weighted by atomic mass is 32.1. The summed E-state index contributed by atoms with van der Waals surface area (Å²) in [7, 11) is 0. The summed E-state index contributed by atoms with van der Waals surface area (Å²) < 4.78 is 5.26. The Morgan fingerprint density at radius 1 is 1.13 bits per heavy atom. The molecule has 0 saturated carbocycles. The lowest BCUT2D eigenvalue weighted by Crippen LogP contribution is -2.05. The molecule has 0 aliphatic heterocycles. The number of esters is 1. The van der Waals surface area contributed by atoms with E-state index in [-0.39, 0.29) is 6.61 Å². The van der Waals surface area contributed by atoms with Crippen LogP contribution in [0.2, 0.25) is 0 Å². The van der Waals surface area contributed by atoms with Crippen molar-refractivity contribution in [2.45, 2.75) is 6.61 Å². The van der Waals surface area contributed by atoms with Crippen LogP contribution < -0.4 is 0 Å². The molecule has 0 bridgehead atoms. The van der Waals surface area contributed by atoms with Crippen LogP contribution in [0.4, 0.5) is 0 Å². The van der Waals surface area contributed by atoms with Gasteiger partial charge in [0, 0.05) is 10.9 Å². The van der Waals surface area contributed by atoms with Crippen molar-refractivity contribution >= 4 is 17.3 Å². The summed E-state index contributed by atoms with van der Waals surface area (Å²) in [5.74, 6) is -0.451. The topological polar surface area (TPSA) is 63.0 Å². The van der Waals surface area contributed by atoms with Gasteiger partial charge >= 0.3 is 5.97 Å². The van der Waals surface area contributed by atoms with Gasteiger partial charge in [0.2, 0.25) is 0 Å². The monoisotopic (exact) mass is 320 g/mol. The Kier molecular flexibility index (Phi) is 4.46. The number of hydrogen-bond donors (Lipinski definition) is 0. The fourth-order valence-corrected chi connectivity index (χ4v) is 2.77. The SMILES string of the molecule is N#Cc1ccc(COC(=O)c2csc(-c3ccccc3)n2)cc1. The summed E-state index contributed by atoms with van der Waals surface area (Å²) in [6.07, 6.45) is 0. The van der Waals surface area contributed by atoms with Gasteiger partial charge in [-0.15, -0.1) is 11.3 Å². The van der Waals surface area contributed by atoms with Gasteiger partial charge in [-0.05, 0) is 17.7 Å². The van der Waals surface area contributed by atoms with Crippen molar-refractivity contribution in [1.82, 2.24) is 4.98 Å². The summed E-state index contributed by atoms with van der Waals surface area (Å²) >= 11 is 1.41. The van der Waals surface area contributed by atoms with Crippen LogP contribution in [-0.2, 0) is 11.3 Å². The predicted octanol–water partition coefficient (Wildman–Crippen LogP) is 4.04. The van der Waals surface area contributed by atoms with Gasteiger partial charge in [0.05, 0.1) is 11.6 Å². The lowest BCUT2D eigenvalue weighted by Gasteiger charge is -2.03. The van der Waals surface area contributed by atoms with Gasteiger partial charge in [-0.25, -0.2) is 9.78 Å². The van der Waals surface area contributed by atoms with Crippen molar-refractivity contribution in [2.24, 2.45) is 0 Å². The highest BCUT2D eigenvalue weighted by Gasteiger charge is 2.13. The van der Waals surface area contributed by atoms with E-state index in [1.807, 2.05) is 36.4 Å². The zero-order chi connectivity index (χ0) is 16.1. The first kappa shape index (κ1) is 14.9. The van der Waals surface area contributed by atoms with E-state index in [9.17, 15) is 4.79 Å². The molecular formula is C18H12N2O2S. The van der Waals surface area contributed by atoms with Crippen LogP contribution in [0.5, 0.6) is 0 Å². The zero-order valence-electron chi connectivity index (χ0n) is 12.1. The molecule has 112 valence electrons. The molecule has 0 amide bonds. The van der Waals surface area contributed by atoms with Crippen molar-refractivity contribution in [3.05, 3.63) is 76.8 Å². The van der Waals surface area contributed by atoms with E-state index >= 15 is 0 Å². The van der Waals surface area contributed by atoms with Crippen molar-refractivity contribution in [1.29, 1.82) is 5.26 Å². The van der Waals surface area contributed by atoms with Crippen LogP contribution in [0.25, 0.3) is 10.6 Å². The third-order valence-electron chi connectivity index (χ3n) is 3.19. The molecular weight excluding hydrogens is 308 g/mol. The summed E-state index contributed by atoms with van der Waals surface area (Å²) in [5, 5.41) is 11.2. The van der Waals surface area contributed by atoms with Gasteiger partial charge in [-0.1, -0.05) is 42.5 Å². The molecule has 0 atom stereocenters. The van der Waals surface area contributed by atoms with Crippen molar-refractivity contribution in [3.63, 3.8) is 0 Å². The maximum atomic E-state index is 12.1. The molecule has 0 radical (unpaired) electrons. The summed E-state index contributed by atoms with van der Waals surface area (Å²) in [5.41, 5.74) is 2.69. The minimum absolute atomic E-state index is 0.155. The number of nitrogens with zero attached hydrogens (tertiary/aromatic N) is 2. The second kappa shape index (κ2) is 6.86. The Morgan fingerprint density at radius 2 is 1.87 bits per heavy atom. The molecule has 1 heterocycles. The Hall–Kier alpha value is -2.97. The number of nitriles is 1. The molecule has 5 heteroatoms. The van der Waals surface area contributed by atoms with Gasteiger partial charge in [0.1, 0.15) is 11.6 Å². The van der Waals surface area contributed by atoms with Crippen molar-refractivity contribution in [3.8, 4) is 16.6 Å². The number of thiazole rings is 1. The minimum atomic E-state index is -0.451. The molecule has 2 aromatic carbocycles. The van der Waals surface area contributed by atoms with Crippen LogP contribution in [0.15, 0.2) is 60.0 Å². The number of carbonyl (C=O) groups is 1. The minimum Gasteiger partial charge on any atom is -0.456 e. The van der Waals surface area contributed by atoms with E-state index < -0.39 is 5.97 Å². The standard InChI is InChI=1S/C18H12N2O2S/c19-10-13-6-8-14(9-7-13)11-22-18(21)16-12-23-17(20-16)15-4-2-1-3-5-15/h1-9,12H,11H2. The number of carbonyl (C=O) groups excluding carboxylic acids is 1. The number of hydrogen-bond acceptors (Lipinski definition) is 5. The second-order valence-electron chi connectivity index (χ2n) is 4.79. The average molecular weight is 320 g/mol. The molecule has 0 unspecified atom stereocenters. The van der Waals surface area contributed by atoms with Gasteiger partial charge in [-0.2, -0.15) is 5.26 Å². The summed E-state index contributed by atoms with van der Waals surface area (Å²) in [6.45, 7) is 0.155. The van der Waals surface area contributed by atoms with E-state index in [2.05, 4.69) is 4.98 Å². The zero-order valence-corrected chi connectivity index (χ0v) is 12.9. The third-order valence-corrected chi connectivity index (χ3v) is 4.08. The maximum Gasteiger partial charge on any atom is 0.358 e. The van der Waals surface area contributed by atoms with Crippen LogP contribution in [-0.4, -0.2) is 11.0 Å². The third kappa shape index (κ3) is 3.62. The van der Waals surface area contributed by atoms with Crippen LogP contribution in [0.1, 0.15) is 21.6 Å².